The Balaban J connectivity index is 1.77. The van der Waals surface area contributed by atoms with Crippen molar-refractivity contribution in [3.63, 3.8) is 0 Å². The van der Waals surface area contributed by atoms with Gasteiger partial charge in [0.15, 0.2) is 11.6 Å². The number of aromatic nitrogens is 2. The van der Waals surface area contributed by atoms with Gasteiger partial charge in [0, 0.05) is 18.1 Å². The summed E-state index contributed by atoms with van der Waals surface area (Å²) < 4.78 is 26.3. The van der Waals surface area contributed by atoms with Crippen LogP contribution in [0.1, 0.15) is 37.4 Å². The summed E-state index contributed by atoms with van der Waals surface area (Å²) in [6.07, 6.45) is 5.08. The van der Waals surface area contributed by atoms with E-state index in [2.05, 4.69) is 9.97 Å². The molecule has 2 saturated carbocycles. The third-order valence-electron chi connectivity index (χ3n) is 4.63. The van der Waals surface area contributed by atoms with Gasteiger partial charge in [-0.25, -0.2) is 13.8 Å². The van der Waals surface area contributed by atoms with E-state index in [1.54, 1.807) is 0 Å². The Kier molecular flexibility index (Phi) is 2.05. The zero-order chi connectivity index (χ0) is 12.3. The average Bonchev–Trinajstić information content (AvgIpc) is 3.02. The lowest BCUT2D eigenvalue weighted by Crippen LogP contribution is -2.09. The van der Waals surface area contributed by atoms with Gasteiger partial charge in [0.25, 0.3) is 0 Å². The SMILES string of the molecule is Fc1cc2nc(C3CC4CCC3C4)[nH]c2cc1F. The quantitative estimate of drug-likeness (QED) is 0.818. The maximum Gasteiger partial charge on any atom is 0.161 e. The normalized spacial score (nSPS) is 30.4. The first kappa shape index (κ1) is 10.5. The minimum atomic E-state index is -0.825. The lowest BCUT2D eigenvalue weighted by molar-refractivity contribution is 0.408. The van der Waals surface area contributed by atoms with Gasteiger partial charge in [-0.1, -0.05) is 6.42 Å². The van der Waals surface area contributed by atoms with Crippen LogP contribution in [0.5, 0.6) is 0 Å². The highest BCUT2D eigenvalue weighted by atomic mass is 19.2. The monoisotopic (exact) mass is 248 g/mol. The van der Waals surface area contributed by atoms with Gasteiger partial charge in [0.05, 0.1) is 11.0 Å². The summed E-state index contributed by atoms with van der Waals surface area (Å²) in [4.78, 5) is 7.63. The number of H-pyrrole nitrogens is 1. The molecule has 1 aromatic heterocycles. The standard InChI is InChI=1S/C14H14F2N2/c15-10-5-12-13(6-11(10)16)18-14(17-12)9-4-7-1-2-8(9)3-7/h5-9H,1-4H2,(H,17,18). The van der Waals surface area contributed by atoms with Gasteiger partial charge in [-0.3, -0.25) is 0 Å². The summed E-state index contributed by atoms with van der Waals surface area (Å²) in [5.74, 6) is 1.29. The Labute approximate surface area is 103 Å². The Morgan fingerprint density at radius 3 is 2.67 bits per heavy atom. The maximum atomic E-state index is 13.2. The van der Waals surface area contributed by atoms with Crippen molar-refractivity contribution in [3.05, 3.63) is 29.6 Å². The molecule has 1 aromatic carbocycles. The number of nitrogens with one attached hydrogen (secondary N) is 1. The van der Waals surface area contributed by atoms with E-state index >= 15 is 0 Å². The predicted octanol–water partition coefficient (Wildman–Crippen LogP) is 3.74. The molecule has 2 bridgehead atoms. The number of nitrogens with zero attached hydrogens (tertiary/aromatic N) is 1. The Bertz CT molecular complexity index is 581. The molecule has 2 nitrogen and oxygen atoms in total. The van der Waals surface area contributed by atoms with Gasteiger partial charge in [-0.05, 0) is 31.1 Å². The van der Waals surface area contributed by atoms with Gasteiger partial charge in [-0.15, -0.1) is 0 Å². The second kappa shape index (κ2) is 3.53. The van der Waals surface area contributed by atoms with Crippen LogP contribution in [0.25, 0.3) is 11.0 Å². The first-order valence-electron chi connectivity index (χ1n) is 6.55. The number of hydrogen-bond donors (Lipinski definition) is 1. The van der Waals surface area contributed by atoms with Crippen molar-refractivity contribution in [1.29, 1.82) is 0 Å². The number of fused-ring (bicyclic) bond motifs is 3. The second-order valence-corrected chi connectivity index (χ2v) is 5.69. The fraction of sp³-hybridized carbons (Fsp3) is 0.500. The highest BCUT2D eigenvalue weighted by molar-refractivity contribution is 5.75. The van der Waals surface area contributed by atoms with Crippen LogP contribution < -0.4 is 0 Å². The number of rotatable bonds is 1. The summed E-state index contributed by atoms with van der Waals surface area (Å²) in [5.41, 5.74) is 1.14. The van der Waals surface area contributed by atoms with Gasteiger partial charge in [0.2, 0.25) is 0 Å². The molecule has 1 N–H and O–H groups in total. The van der Waals surface area contributed by atoms with Gasteiger partial charge in [0.1, 0.15) is 5.82 Å². The van der Waals surface area contributed by atoms with Gasteiger partial charge >= 0.3 is 0 Å². The lowest BCUT2D eigenvalue weighted by atomic mass is 9.88. The predicted molar refractivity (Wildman–Crippen MR) is 64.2 cm³/mol. The molecular formula is C14H14F2N2. The van der Waals surface area contributed by atoms with E-state index < -0.39 is 11.6 Å². The number of imidazole rings is 1. The van der Waals surface area contributed by atoms with Crippen molar-refractivity contribution < 1.29 is 8.78 Å². The van der Waals surface area contributed by atoms with E-state index in [-0.39, 0.29) is 0 Å². The lowest BCUT2D eigenvalue weighted by Gasteiger charge is -2.18. The van der Waals surface area contributed by atoms with Gasteiger partial charge < -0.3 is 4.98 Å². The van der Waals surface area contributed by atoms with Crippen molar-refractivity contribution in [2.75, 3.05) is 0 Å². The number of aromatic amines is 1. The number of halogens is 2. The Morgan fingerprint density at radius 2 is 1.94 bits per heavy atom. The minimum Gasteiger partial charge on any atom is -0.342 e. The summed E-state index contributed by atoms with van der Waals surface area (Å²) in [5, 5.41) is 0. The van der Waals surface area contributed by atoms with Crippen LogP contribution in [-0.4, -0.2) is 9.97 Å². The van der Waals surface area contributed by atoms with Crippen LogP contribution in [0.2, 0.25) is 0 Å². The number of benzene rings is 1. The highest BCUT2D eigenvalue weighted by Crippen LogP contribution is 2.52. The molecule has 2 aromatic rings. The molecular weight excluding hydrogens is 234 g/mol. The van der Waals surface area contributed by atoms with Crippen molar-refractivity contribution in [2.24, 2.45) is 11.8 Å². The largest absolute Gasteiger partial charge is 0.342 e. The van der Waals surface area contributed by atoms with Crippen LogP contribution in [0.3, 0.4) is 0 Å². The van der Waals surface area contributed by atoms with E-state index in [4.69, 9.17) is 0 Å². The first-order valence-corrected chi connectivity index (χ1v) is 6.55. The minimum absolute atomic E-state index is 0.460. The summed E-state index contributed by atoms with van der Waals surface area (Å²) in [6.45, 7) is 0. The summed E-state index contributed by atoms with van der Waals surface area (Å²) in [7, 11) is 0. The van der Waals surface area contributed by atoms with E-state index in [9.17, 15) is 8.78 Å². The molecule has 2 aliphatic rings. The molecule has 4 heteroatoms. The first-order chi connectivity index (χ1) is 8.70. The topological polar surface area (TPSA) is 28.7 Å². The molecule has 3 unspecified atom stereocenters. The van der Waals surface area contributed by atoms with Crippen LogP contribution in [0, 0.1) is 23.5 Å². The fourth-order valence-electron chi connectivity index (χ4n) is 3.78. The third-order valence-corrected chi connectivity index (χ3v) is 4.63. The second-order valence-electron chi connectivity index (χ2n) is 5.69. The Morgan fingerprint density at radius 1 is 1.11 bits per heavy atom. The van der Waals surface area contributed by atoms with Gasteiger partial charge in [-0.2, -0.15) is 0 Å². The number of hydrogen-bond acceptors (Lipinski definition) is 1. The van der Waals surface area contributed by atoms with Crippen LogP contribution in [-0.2, 0) is 0 Å². The zero-order valence-electron chi connectivity index (χ0n) is 9.92. The molecule has 0 aliphatic heterocycles. The molecule has 2 fully saturated rings. The van der Waals surface area contributed by atoms with Crippen molar-refractivity contribution >= 4 is 11.0 Å². The van der Waals surface area contributed by atoms with Crippen molar-refractivity contribution in [3.8, 4) is 0 Å². The third kappa shape index (κ3) is 1.41. The Hall–Kier alpha value is -1.45. The molecule has 18 heavy (non-hydrogen) atoms. The molecule has 0 radical (unpaired) electrons. The summed E-state index contributed by atoms with van der Waals surface area (Å²) in [6, 6.07) is 2.38. The average molecular weight is 248 g/mol. The van der Waals surface area contributed by atoms with E-state index in [1.807, 2.05) is 0 Å². The molecule has 0 saturated heterocycles. The smallest absolute Gasteiger partial charge is 0.161 e. The molecule has 0 spiro atoms. The van der Waals surface area contributed by atoms with Crippen LogP contribution in [0.4, 0.5) is 8.78 Å². The van der Waals surface area contributed by atoms with Crippen molar-refractivity contribution in [1.82, 2.24) is 9.97 Å². The van der Waals surface area contributed by atoms with Crippen LogP contribution in [0.15, 0.2) is 12.1 Å². The van der Waals surface area contributed by atoms with E-state index in [1.165, 1.54) is 37.8 Å². The molecule has 1 heterocycles. The molecule has 94 valence electrons. The zero-order valence-corrected chi connectivity index (χ0v) is 9.92. The van der Waals surface area contributed by atoms with E-state index in [0.29, 0.717) is 22.9 Å². The molecule has 2 aliphatic carbocycles. The fourth-order valence-corrected chi connectivity index (χ4v) is 3.78. The van der Waals surface area contributed by atoms with E-state index in [0.717, 1.165) is 11.7 Å². The summed E-state index contributed by atoms with van der Waals surface area (Å²) >= 11 is 0. The molecule has 3 atom stereocenters. The van der Waals surface area contributed by atoms with Crippen LogP contribution >= 0.6 is 0 Å². The van der Waals surface area contributed by atoms with Crippen molar-refractivity contribution in [2.45, 2.75) is 31.6 Å². The highest BCUT2D eigenvalue weighted by Gasteiger charge is 2.41. The molecule has 0 amide bonds. The molecule has 4 rings (SSSR count). The maximum absolute atomic E-state index is 13.2.